The zero-order valence-electron chi connectivity index (χ0n) is 28.6. The zero-order chi connectivity index (χ0) is 35.0. The molecule has 0 bridgehead atoms. The van der Waals surface area contributed by atoms with Crippen LogP contribution in [0.15, 0.2) is 12.2 Å². The minimum atomic E-state index is -4.64. The summed E-state index contributed by atoms with van der Waals surface area (Å²) in [5.74, 6) is -1.04. The molecule has 4 atom stereocenters. The van der Waals surface area contributed by atoms with E-state index in [1.165, 1.54) is 69.9 Å². The summed E-state index contributed by atoms with van der Waals surface area (Å²) in [7, 11) is -4.64. The number of rotatable bonds is 34. The normalized spacial score (nSPS) is 14.8. The molecule has 0 amide bonds. The van der Waals surface area contributed by atoms with Gasteiger partial charge in [-0.25, -0.2) is 4.57 Å². The van der Waals surface area contributed by atoms with E-state index in [4.69, 9.17) is 19.1 Å². The second-order valence-corrected chi connectivity index (χ2v) is 13.5. The number of phosphoric ester groups is 1. The third-order valence-electron chi connectivity index (χ3n) is 7.57. The highest BCUT2D eigenvalue weighted by atomic mass is 31.2. The van der Waals surface area contributed by atoms with E-state index in [9.17, 15) is 34.1 Å². The molecule has 0 aromatic rings. The molecular formula is C34H63O12P. The first-order chi connectivity index (χ1) is 22.6. The molecule has 0 aliphatic rings. The number of aliphatic hydroxyl groups excluding tert-OH is 3. The topological polar surface area (TPSA) is 186 Å². The molecular weight excluding hydrogens is 631 g/mol. The number of phosphoric acid groups is 1. The predicted molar refractivity (Wildman–Crippen MR) is 180 cm³/mol. The summed E-state index contributed by atoms with van der Waals surface area (Å²) >= 11 is 0. The highest BCUT2D eigenvalue weighted by Crippen LogP contribution is 2.43. The van der Waals surface area contributed by atoms with Crippen molar-refractivity contribution >= 4 is 26.0 Å². The number of unbranched alkanes of at least 4 members (excludes halogenated alkanes) is 16. The molecule has 0 fully saturated rings. The Balaban J connectivity index is 4.41. The molecule has 276 valence electrons. The van der Waals surface area contributed by atoms with Crippen molar-refractivity contribution in [2.45, 2.75) is 160 Å². The summed E-state index contributed by atoms with van der Waals surface area (Å²) in [6.07, 6.45) is 20.2. The van der Waals surface area contributed by atoms with Crippen LogP contribution in [-0.4, -0.2) is 83.2 Å². The van der Waals surface area contributed by atoms with E-state index in [0.29, 0.717) is 25.5 Å². The van der Waals surface area contributed by atoms with Gasteiger partial charge in [0.1, 0.15) is 19.0 Å². The molecule has 2 unspecified atom stereocenters. The minimum absolute atomic E-state index is 0.0874. The van der Waals surface area contributed by atoms with Gasteiger partial charge in [0.05, 0.1) is 25.9 Å². The van der Waals surface area contributed by atoms with Gasteiger partial charge in [0.15, 0.2) is 6.10 Å². The van der Waals surface area contributed by atoms with Gasteiger partial charge in [-0.1, -0.05) is 116 Å². The average molecular weight is 695 g/mol. The van der Waals surface area contributed by atoms with Crippen molar-refractivity contribution in [1.29, 1.82) is 0 Å². The quantitative estimate of drug-likeness (QED) is 0.0195. The van der Waals surface area contributed by atoms with E-state index in [-0.39, 0.29) is 19.4 Å². The molecule has 0 aliphatic carbocycles. The number of allylic oxidation sites excluding steroid dienone is 1. The molecule has 12 nitrogen and oxygen atoms in total. The van der Waals surface area contributed by atoms with Crippen molar-refractivity contribution in [3.8, 4) is 0 Å². The van der Waals surface area contributed by atoms with E-state index < -0.39 is 57.9 Å². The van der Waals surface area contributed by atoms with Gasteiger partial charge in [0, 0.05) is 12.8 Å². The smallest absolute Gasteiger partial charge is 0.462 e. The lowest BCUT2D eigenvalue weighted by atomic mass is 10.0. The van der Waals surface area contributed by atoms with Gasteiger partial charge in [0.25, 0.3) is 0 Å². The van der Waals surface area contributed by atoms with Crippen LogP contribution >= 0.6 is 7.82 Å². The minimum Gasteiger partial charge on any atom is -0.462 e. The molecule has 0 heterocycles. The number of ether oxygens (including phenoxy) is 2. The van der Waals surface area contributed by atoms with Crippen molar-refractivity contribution in [2.24, 2.45) is 0 Å². The Labute approximate surface area is 282 Å². The number of aliphatic hydroxyl groups is 3. The number of aldehydes is 1. The van der Waals surface area contributed by atoms with Crippen LogP contribution in [0.4, 0.5) is 0 Å². The van der Waals surface area contributed by atoms with Crippen LogP contribution in [0.5, 0.6) is 0 Å². The first kappa shape index (κ1) is 45.3. The van der Waals surface area contributed by atoms with Crippen molar-refractivity contribution in [3.05, 3.63) is 12.2 Å². The van der Waals surface area contributed by atoms with Crippen LogP contribution in [-0.2, 0) is 37.5 Å². The van der Waals surface area contributed by atoms with Gasteiger partial charge in [-0.2, -0.15) is 0 Å². The van der Waals surface area contributed by atoms with Crippen molar-refractivity contribution in [2.75, 3.05) is 26.4 Å². The molecule has 0 saturated carbocycles. The second kappa shape index (κ2) is 31.6. The van der Waals surface area contributed by atoms with Crippen LogP contribution in [0.1, 0.15) is 142 Å². The van der Waals surface area contributed by atoms with Gasteiger partial charge in [-0.05, 0) is 25.3 Å². The third-order valence-corrected chi connectivity index (χ3v) is 8.52. The standard InChI is InChI=1S/C34H63O12P/c1-2-3-4-5-6-7-8-9-10-11-12-15-18-23-33(39)43-28-32(29-45-47(41,42)44-27-31(38)26-36)46-34(40)24-19-16-13-14-17-21-30(37)22-20-25-35/h20,22,25,30-32,36-38H,2-19,21,23-24,26-29H2,1H3,(H,41,42)/b22-20+/t30?,31-,32+/m0/s1. The Kier molecular flexibility index (Phi) is 30.5. The molecule has 0 aromatic carbocycles. The molecule has 0 aliphatic heterocycles. The van der Waals surface area contributed by atoms with Gasteiger partial charge in [-0.15, -0.1) is 0 Å². The summed E-state index contributed by atoms with van der Waals surface area (Å²) in [6, 6.07) is 0. The van der Waals surface area contributed by atoms with E-state index in [0.717, 1.165) is 44.9 Å². The number of esters is 2. The summed E-state index contributed by atoms with van der Waals surface area (Å²) in [5.41, 5.74) is 0. The van der Waals surface area contributed by atoms with E-state index in [2.05, 4.69) is 11.4 Å². The Morgan fingerprint density at radius 1 is 0.702 bits per heavy atom. The fourth-order valence-corrected chi connectivity index (χ4v) is 5.57. The Hall–Kier alpha value is -1.66. The van der Waals surface area contributed by atoms with Gasteiger partial charge in [-0.3, -0.25) is 23.4 Å². The maximum Gasteiger partial charge on any atom is 0.472 e. The van der Waals surface area contributed by atoms with Crippen LogP contribution in [0.2, 0.25) is 0 Å². The molecule has 0 aromatic heterocycles. The Morgan fingerprint density at radius 3 is 1.72 bits per heavy atom. The number of hydrogen-bond acceptors (Lipinski definition) is 11. The molecule has 0 radical (unpaired) electrons. The monoisotopic (exact) mass is 694 g/mol. The largest absolute Gasteiger partial charge is 0.472 e. The highest BCUT2D eigenvalue weighted by Gasteiger charge is 2.27. The van der Waals surface area contributed by atoms with Gasteiger partial charge in [0.2, 0.25) is 0 Å². The van der Waals surface area contributed by atoms with E-state index in [1.54, 1.807) is 0 Å². The number of carbonyl (C=O) groups excluding carboxylic acids is 3. The van der Waals surface area contributed by atoms with Crippen LogP contribution in [0, 0.1) is 0 Å². The summed E-state index contributed by atoms with van der Waals surface area (Å²) in [5, 5.41) is 27.9. The van der Waals surface area contributed by atoms with E-state index >= 15 is 0 Å². The molecule has 0 saturated heterocycles. The fraction of sp³-hybridized carbons (Fsp3) is 0.853. The SMILES string of the molecule is CCCCCCCCCCCCCCCC(=O)OC[C@H](COP(=O)(O)OC[C@@H](O)CO)OC(=O)CCCCCCCC(O)/C=C/C=O. The predicted octanol–water partition coefficient (Wildman–Crippen LogP) is 6.26. The first-order valence-electron chi connectivity index (χ1n) is 17.7. The zero-order valence-corrected chi connectivity index (χ0v) is 29.5. The van der Waals surface area contributed by atoms with Crippen molar-refractivity contribution < 1.29 is 57.7 Å². The summed E-state index contributed by atoms with van der Waals surface area (Å²) < 4.78 is 32.3. The van der Waals surface area contributed by atoms with Crippen molar-refractivity contribution in [3.63, 3.8) is 0 Å². The van der Waals surface area contributed by atoms with Gasteiger partial charge >= 0.3 is 19.8 Å². The second-order valence-electron chi connectivity index (χ2n) is 12.1. The van der Waals surface area contributed by atoms with Gasteiger partial charge < -0.3 is 29.7 Å². The summed E-state index contributed by atoms with van der Waals surface area (Å²) in [4.78, 5) is 44.9. The molecule has 0 rings (SSSR count). The molecule has 13 heteroatoms. The maximum atomic E-state index is 12.5. The Morgan fingerprint density at radius 2 is 1.19 bits per heavy atom. The molecule has 47 heavy (non-hydrogen) atoms. The first-order valence-corrected chi connectivity index (χ1v) is 19.2. The number of hydrogen-bond donors (Lipinski definition) is 4. The lowest BCUT2D eigenvalue weighted by Crippen LogP contribution is -2.29. The number of carbonyl (C=O) groups is 3. The summed E-state index contributed by atoms with van der Waals surface area (Å²) in [6.45, 7) is -0.0235. The molecule has 0 spiro atoms. The Bertz CT molecular complexity index is 853. The lowest BCUT2D eigenvalue weighted by Gasteiger charge is -2.20. The maximum absolute atomic E-state index is 12.5. The fourth-order valence-electron chi connectivity index (χ4n) is 4.78. The van der Waals surface area contributed by atoms with Crippen LogP contribution in [0.3, 0.4) is 0 Å². The average Bonchev–Trinajstić information content (AvgIpc) is 3.05. The van der Waals surface area contributed by atoms with Crippen molar-refractivity contribution in [1.82, 2.24) is 0 Å². The van der Waals surface area contributed by atoms with E-state index in [1.807, 2.05) is 0 Å². The highest BCUT2D eigenvalue weighted by molar-refractivity contribution is 7.47. The molecule has 4 N–H and O–H groups in total. The third kappa shape index (κ3) is 31.4. The van der Waals surface area contributed by atoms with Crippen LogP contribution < -0.4 is 0 Å². The van der Waals surface area contributed by atoms with Crippen LogP contribution in [0.25, 0.3) is 0 Å². The lowest BCUT2D eigenvalue weighted by molar-refractivity contribution is -0.161.